The molecule has 5 heteroatoms. The molecule has 0 spiro atoms. The maximum Gasteiger partial charge on any atom is 0.229 e. The minimum absolute atomic E-state index is 0.0602. The van der Waals surface area contributed by atoms with E-state index in [9.17, 15) is 9.59 Å². The number of nitrogens with one attached hydrogen (secondary N) is 1. The lowest BCUT2D eigenvalue weighted by molar-refractivity contribution is -0.136. The molecule has 3 saturated heterocycles. The Labute approximate surface area is 96.1 Å². The van der Waals surface area contributed by atoms with E-state index < -0.39 is 0 Å². The molecule has 1 N–H and O–H groups in total. The first-order chi connectivity index (χ1) is 7.50. The zero-order chi connectivity index (χ0) is 12.1. The second-order valence-electron chi connectivity index (χ2n) is 4.30. The van der Waals surface area contributed by atoms with Crippen LogP contribution in [0.4, 0.5) is 0 Å². The lowest BCUT2D eigenvalue weighted by Crippen LogP contribution is -2.23. The first-order valence-electron chi connectivity index (χ1n) is 5.65. The van der Waals surface area contributed by atoms with E-state index in [2.05, 4.69) is 19.2 Å². The quantitative estimate of drug-likeness (QED) is 0.473. The van der Waals surface area contributed by atoms with E-state index in [1.807, 2.05) is 0 Å². The molecule has 3 heterocycles. The van der Waals surface area contributed by atoms with E-state index in [0.717, 1.165) is 12.6 Å². The third-order valence-corrected chi connectivity index (χ3v) is 2.41. The third kappa shape index (κ3) is 5.82. The van der Waals surface area contributed by atoms with Crippen LogP contribution in [0.5, 0.6) is 0 Å². The molecule has 3 aliphatic heterocycles. The molecule has 2 unspecified atom stereocenters. The molecule has 3 rings (SSSR count). The molecule has 3 fully saturated rings. The minimum atomic E-state index is -0.0602. The second-order valence-corrected chi connectivity index (χ2v) is 4.30. The average Bonchev–Trinajstić information content (AvgIpc) is 3.15. The highest BCUT2D eigenvalue weighted by Crippen LogP contribution is 2.07. The third-order valence-electron chi connectivity index (χ3n) is 2.41. The van der Waals surface area contributed by atoms with Gasteiger partial charge in [0.25, 0.3) is 0 Å². The van der Waals surface area contributed by atoms with Gasteiger partial charge in [-0.15, -0.1) is 0 Å². The van der Waals surface area contributed by atoms with Gasteiger partial charge in [0.05, 0.1) is 12.7 Å². The molecular weight excluding hydrogens is 208 g/mol. The molecule has 0 radical (unpaired) electrons. The van der Waals surface area contributed by atoms with Crippen molar-refractivity contribution in [2.45, 2.75) is 38.8 Å². The van der Waals surface area contributed by atoms with Gasteiger partial charge < -0.3 is 10.1 Å². The molecule has 0 saturated carbocycles. The number of carbonyl (C=O) groups is 2. The van der Waals surface area contributed by atoms with E-state index in [1.165, 1.54) is 18.5 Å². The first kappa shape index (κ1) is 13.1. The summed E-state index contributed by atoms with van der Waals surface area (Å²) in [5, 5.41) is 3.10. The number of hydrogen-bond donors (Lipinski definition) is 1. The zero-order valence-electron chi connectivity index (χ0n) is 10.2. The summed E-state index contributed by atoms with van der Waals surface area (Å²) in [5.74, 6) is -0.120. The van der Waals surface area contributed by atoms with Gasteiger partial charge in [-0.2, -0.15) is 0 Å². The summed E-state index contributed by atoms with van der Waals surface area (Å²) in [5.41, 5.74) is 0. The SMILES string of the molecule is CC1CN1.CC1CO1.CN1C(=O)CCC1=O. The van der Waals surface area contributed by atoms with Gasteiger partial charge in [-0.05, 0) is 13.8 Å². The lowest BCUT2D eigenvalue weighted by Gasteiger charge is -2.01. The van der Waals surface area contributed by atoms with Crippen molar-refractivity contribution < 1.29 is 14.3 Å². The maximum absolute atomic E-state index is 10.5. The van der Waals surface area contributed by atoms with E-state index in [-0.39, 0.29) is 11.8 Å². The van der Waals surface area contributed by atoms with Crippen molar-refractivity contribution in [1.29, 1.82) is 0 Å². The number of ether oxygens (including phenoxy) is 1. The van der Waals surface area contributed by atoms with Crippen LogP contribution >= 0.6 is 0 Å². The summed E-state index contributed by atoms with van der Waals surface area (Å²) in [6, 6.07) is 0.833. The molecule has 2 atom stereocenters. The first-order valence-corrected chi connectivity index (χ1v) is 5.65. The van der Waals surface area contributed by atoms with Crippen molar-refractivity contribution in [3.8, 4) is 0 Å². The largest absolute Gasteiger partial charge is 0.373 e. The molecule has 16 heavy (non-hydrogen) atoms. The van der Waals surface area contributed by atoms with Gasteiger partial charge in [0, 0.05) is 32.5 Å². The van der Waals surface area contributed by atoms with Gasteiger partial charge in [-0.1, -0.05) is 0 Å². The lowest BCUT2D eigenvalue weighted by atomic mass is 10.4. The number of epoxide rings is 1. The van der Waals surface area contributed by atoms with Crippen LogP contribution in [-0.2, 0) is 14.3 Å². The van der Waals surface area contributed by atoms with Crippen molar-refractivity contribution in [1.82, 2.24) is 10.2 Å². The van der Waals surface area contributed by atoms with E-state index in [0.29, 0.717) is 18.9 Å². The van der Waals surface area contributed by atoms with Crippen LogP contribution < -0.4 is 5.32 Å². The summed E-state index contributed by atoms with van der Waals surface area (Å²) in [6.45, 7) is 6.44. The van der Waals surface area contributed by atoms with E-state index in [1.54, 1.807) is 0 Å². The summed E-state index contributed by atoms with van der Waals surface area (Å²) >= 11 is 0. The van der Waals surface area contributed by atoms with Crippen molar-refractivity contribution >= 4 is 11.8 Å². The Bertz CT molecular complexity index is 234. The van der Waals surface area contributed by atoms with Gasteiger partial charge in [0.2, 0.25) is 11.8 Å². The number of amides is 2. The summed E-state index contributed by atoms with van der Waals surface area (Å²) in [4.78, 5) is 22.1. The monoisotopic (exact) mass is 228 g/mol. The Hall–Kier alpha value is -0.940. The van der Waals surface area contributed by atoms with Crippen molar-refractivity contribution in [2.24, 2.45) is 0 Å². The van der Waals surface area contributed by atoms with Crippen molar-refractivity contribution in [3.05, 3.63) is 0 Å². The normalized spacial score (nSPS) is 30.1. The van der Waals surface area contributed by atoms with Crippen LogP contribution in [0.3, 0.4) is 0 Å². The van der Waals surface area contributed by atoms with Gasteiger partial charge in [0.1, 0.15) is 0 Å². The highest BCUT2D eigenvalue weighted by Gasteiger charge is 2.24. The fraction of sp³-hybridized carbons (Fsp3) is 0.818. The maximum atomic E-state index is 10.5. The molecule has 2 amide bonds. The molecule has 0 bridgehead atoms. The number of imide groups is 1. The van der Waals surface area contributed by atoms with Crippen molar-refractivity contribution in [2.75, 3.05) is 20.2 Å². The number of likely N-dealkylation sites (tertiary alicyclic amines) is 1. The Balaban J connectivity index is 0.000000133. The van der Waals surface area contributed by atoms with Crippen molar-refractivity contribution in [3.63, 3.8) is 0 Å². The fourth-order valence-corrected chi connectivity index (χ4v) is 0.902. The number of nitrogens with zero attached hydrogens (tertiary/aromatic N) is 1. The standard InChI is InChI=1S/C5H7NO2.C3H7N.C3H6O/c1-6-4(7)2-3-5(6)8;2*1-3-2-4-3/h2-3H2,1H3;3-4H,2H2,1H3;3H,2H2,1H3. The molecule has 0 aliphatic carbocycles. The Morgan fingerprint density at radius 3 is 1.62 bits per heavy atom. The van der Waals surface area contributed by atoms with Crippen LogP contribution in [-0.4, -0.2) is 49.1 Å². The Kier molecular flexibility index (Phi) is 4.89. The van der Waals surface area contributed by atoms with Gasteiger partial charge >= 0.3 is 0 Å². The Morgan fingerprint density at radius 2 is 1.56 bits per heavy atom. The second kappa shape index (κ2) is 5.96. The molecular formula is C11H20N2O3. The summed E-state index contributed by atoms with van der Waals surface area (Å²) in [6.07, 6.45) is 1.38. The predicted octanol–water partition coefficient (Wildman–Crippen LogP) is 0.148. The molecule has 3 aliphatic rings. The molecule has 92 valence electrons. The summed E-state index contributed by atoms with van der Waals surface area (Å²) < 4.78 is 4.71. The van der Waals surface area contributed by atoms with Gasteiger partial charge in [0.15, 0.2) is 0 Å². The zero-order valence-corrected chi connectivity index (χ0v) is 10.2. The van der Waals surface area contributed by atoms with Crippen LogP contribution in [0.25, 0.3) is 0 Å². The van der Waals surface area contributed by atoms with Crippen LogP contribution in [0.2, 0.25) is 0 Å². The predicted molar refractivity (Wildman–Crippen MR) is 59.9 cm³/mol. The fourth-order valence-electron chi connectivity index (χ4n) is 0.902. The highest BCUT2D eigenvalue weighted by molar-refractivity contribution is 6.01. The minimum Gasteiger partial charge on any atom is -0.373 e. The number of hydrogen-bond acceptors (Lipinski definition) is 4. The molecule has 0 aromatic carbocycles. The highest BCUT2D eigenvalue weighted by atomic mass is 16.6. The van der Waals surface area contributed by atoms with Gasteiger partial charge in [-0.25, -0.2) is 0 Å². The van der Waals surface area contributed by atoms with Crippen LogP contribution in [0.1, 0.15) is 26.7 Å². The van der Waals surface area contributed by atoms with Gasteiger partial charge in [-0.3, -0.25) is 14.5 Å². The van der Waals surface area contributed by atoms with E-state index in [4.69, 9.17) is 4.74 Å². The summed E-state index contributed by atoms with van der Waals surface area (Å²) in [7, 11) is 1.51. The topological polar surface area (TPSA) is 71.8 Å². The number of rotatable bonds is 0. The van der Waals surface area contributed by atoms with Crippen LogP contribution in [0.15, 0.2) is 0 Å². The van der Waals surface area contributed by atoms with E-state index >= 15 is 0 Å². The Morgan fingerprint density at radius 1 is 1.25 bits per heavy atom. The number of carbonyl (C=O) groups excluding carboxylic acids is 2. The van der Waals surface area contributed by atoms with Crippen LogP contribution in [0, 0.1) is 0 Å². The molecule has 0 aromatic rings. The molecule has 0 aromatic heterocycles. The smallest absolute Gasteiger partial charge is 0.229 e. The average molecular weight is 228 g/mol. The molecule has 5 nitrogen and oxygen atoms in total.